The largest absolute Gasteiger partial charge is 0.478 e. The van der Waals surface area contributed by atoms with E-state index in [-0.39, 0.29) is 0 Å². The molecule has 0 saturated carbocycles. The summed E-state index contributed by atoms with van der Waals surface area (Å²) in [4.78, 5) is 12.7. The summed E-state index contributed by atoms with van der Waals surface area (Å²) in [5, 5.41) is 3.24. The van der Waals surface area contributed by atoms with Gasteiger partial charge in [0.05, 0.1) is 12.9 Å². The number of ether oxygens (including phenoxy) is 1. The van der Waals surface area contributed by atoms with E-state index < -0.39 is 0 Å². The third kappa shape index (κ3) is 4.53. The van der Waals surface area contributed by atoms with Gasteiger partial charge in [0.25, 0.3) is 0 Å². The summed E-state index contributed by atoms with van der Waals surface area (Å²) in [6.07, 6.45) is 7.76. The molecule has 0 atom stereocenters. The highest BCUT2D eigenvalue weighted by atomic mass is 16.5. The van der Waals surface area contributed by atoms with E-state index in [2.05, 4.69) is 24.8 Å². The van der Waals surface area contributed by atoms with Crippen molar-refractivity contribution in [3.05, 3.63) is 30.5 Å². The van der Waals surface area contributed by atoms with Gasteiger partial charge < -0.3 is 14.6 Å². The molecular weight excluding hydrogens is 254 g/mol. The molecule has 2 rings (SSSR count). The molecule has 108 valence electrons. The van der Waals surface area contributed by atoms with Crippen molar-refractivity contribution in [2.45, 2.75) is 33.2 Å². The van der Waals surface area contributed by atoms with Gasteiger partial charge in [-0.3, -0.25) is 0 Å². The number of hydrogen-bond donors (Lipinski definition) is 1. The summed E-state index contributed by atoms with van der Waals surface area (Å²) < 4.78 is 7.48. The van der Waals surface area contributed by atoms with E-state index in [9.17, 15) is 0 Å². The average Bonchev–Trinajstić information content (AvgIpc) is 2.91. The fourth-order valence-electron chi connectivity index (χ4n) is 1.88. The Hall–Kier alpha value is -2.11. The predicted octanol–water partition coefficient (Wildman–Crippen LogP) is 2.27. The van der Waals surface area contributed by atoms with Crippen LogP contribution >= 0.6 is 0 Å². The maximum absolute atomic E-state index is 5.40. The van der Waals surface area contributed by atoms with E-state index in [0.29, 0.717) is 18.4 Å². The molecule has 0 spiro atoms. The number of aryl methyl sites for hydroxylation is 2. The zero-order valence-corrected chi connectivity index (χ0v) is 12.0. The smallest absolute Gasteiger partial charge is 0.226 e. The Morgan fingerprint density at radius 2 is 2.20 bits per heavy atom. The maximum Gasteiger partial charge on any atom is 0.226 e. The first-order chi connectivity index (χ1) is 9.78. The molecule has 0 aliphatic carbocycles. The molecule has 0 saturated heterocycles. The summed E-state index contributed by atoms with van der Waals surface area (Å²) in [6, 6.07) is 1.84. The summed E-state index contributed by atoms with van der Waals surface area (Å²) in [5.74, 6) is 1.26. The number of nitrogens with one attached hydrogen (secondary N) is 1. The van der Waals surface area contributed by atoms with E-state index in [4.69, 9.17) is 4.74 Å². The molecule has 2 aromatic heterocycles. The summed E-state index contributed by atoms with van der Waals surface area (Å²) in [6.45, 7) is 6.33. The lowest BCUT2D eigenvalue weighted by Gasteiger charge is -2.08. The molecule has 0 fully saturated rings. The van der Waals surface area contributed by atoms with Crippen LogP contribution in [0.4, 0.5) is 5.95 Å². The summed E-state index contributed by atoms with van der Waals surface area (Å²) in [7, 11) is 0. The first kappa shape index (κ1) is 14.3. The van der Waals surface area contributed by atoms with Gasteiger partial charge in [-0.05, 0) is 26.7 Å². The van der Waals surface area contributed by atoms with Gasteiger partial charge in [-0.2, -0.15) is 4.98 Å². The molecular formula is C14H21N5O. The average molecular weight is 275 g/mol. The minimum Gasteiger partial charge on any atom is -0.478 e. The maximum atomic E-state index is 5.40. The van der Waals surface area contributed by atoms with Crippen LogP contribution in [0.25, 0.3) is 0 Å². The molecule has 0 amide bonds. The Labute approximate surface area is 119 Å². The highest BCUT2D eigenvalue weighted by Gasteiger charge is 2.02. The third-order valence-electron chi connectivity index (χ3n) is 2.81. The molecule has 2 aromatic rings. The number of anilines is 1. The summed E-state index contributed by atoms with van der Waals surface area (Å²) >= 11 is 0. The van der Waals surface area contributed by atoms with Crippen LogP contribution < -0.4 is 10.1 Å². The number of rotatable bonds is 8. The number of aromatic nitrogens is 4. The number of unbranched alkanes of at least 4 members (excludes halogenated alkanes) is 1. The Kier molecular flexibility index (Phi) is 5.34. The lowest BCUT2D eigenvalue weighted by atomic mass is 10.3. The molecule has 0 radical (unpaired) electrons. The zero-order chi connectivity index (χ0) is 14.2. The van der Waals surface area contributed by atoms with Gasteiger partial charge in [0.2, 0.25) is 11.8 Å². The van der Waals surface area contributed by atoms with Crippen LogP contribution in [0.1, 0.15) is 25.5 Å². The zero-order valence-electron chi connectivity index (χ0n) is 12.0. The first-order valence-electron chi connectivity index (χ1n) is 6.96. The van der Waals surface area contributed by atoms with E-state index in [0.717, 1.165) is 31.6 Å². The molecule has 0 bridgehead atoms. The third-order valence-corrected chi connectivity index (χ3v) is 2.81. The van der Waals surface area contributed by atoms with Gasteiger partial charge in [0.15, 0.2) is 0 Å². The van der Waals surface area contributed by atoms with E-state index in [1.54, 1.807) is 6.20 Å². The van der Waals surface area contributed by atoms with Crippen molar-refractivity contribution in [3.8, 4) is 5.88 Å². The molecule has 6 heteroatoms. The van der Waals surface area contributed by atoms with Crippen LogP contribution in [0.5, 0.6) is 5.88 Å². The molecule has 0 aliphatic heterocycles. The minimum atomic E-state index is 0.612. The molecule has 6 nitrogen and oxygen atoms in total. The highest BCUT2D eigenvalue weighted by Crippen LogP contribution is 2.11. The normalized spacial score (nSPS) is 10.5. The van der Waals surface area contributed by atoms with Crippen molar-refractivity contribution in [3.63, 3.8) is 0 Å². The predicted molar refractivity (Wildman–Crippen MR) is 77.9 cm³/mol. The van der Waals surface area contributed by atoms with Crippen molar-refractivity contribution in [2.75, 3.05) is 18.5 Å². The lowest BCUT2D eigenvalue weighted by Crippen LogP contribution is -2.08. The fourth-order valence-corrected chi connectivity index (χ4v) is 1.88. The highest BCUT2D eigenvalue weighted by molar-refractivity contribution is 5.30. The van der Waals surface area contributed by atoms with Gasteiger partial charge in [-0.15, -0.1) is 0 Å². The quantitative estimate of drug-likeness (QED) is 0.749. The molecule has 1 N–H and O–H groups in total. The second-order valence-corrected chi connectivity index (χ2v) is 4.54. The summed E-state index contributed by atoms with van der Waals surface area (Å²) in [5.41, 5.74) is 0.907. The SMILES string of the molecule is CCOc1cc(C)nc(NCCCCn2ccnc2)n1. The molecule has 0 aromatic carbocycles. The molecule has 2 heterocycles. The van der Waals surface area contributed by atoms with Gasteiger partial charge in [-0.1, -0.05) is 0 Å². The molecule has 0 unspecified atom stereocenters. The van der Waals surface area contributed by atoms with Gasteiger partial charge in [0.1, 0.15) is 0 Å². The van der Waals surface area contributed by atoms with E-state index in [1.807, 2.05) is 32.4 Å². The van der Waals surface area contributed by atoms with Gasteiger partial charge >= 0.3 is 0 Å². The van der Waals surface area contributed by atoms with Crippen LogP contribution in [0.2, 0.25) is 0 Å². The minimum absolute atomic E-state index is 0.612. The first-order valence-corrected chi connectivity index (χ1v) is 6.96. The van der Waals surface area contributed by atoms with E-state index >= 15 is 0 Å². The second-order valence-electron chi connectivity index (χ2n) is 4.54. The van der Waals surface area contributed by atoms with Crippen molar-refractivity contribution in [1.29, 1.82) is 0 Å². The fraction of sp³-hybridized carbons (Fsp3) is 0.500. The van der Waals surface area contributed by atoms with Crippen LogP contribution in [-0.4, -0.2) is 32.7 Å². The number of imidazole rings is 1. The molecule has 20 heavy (non-hydrogen) atoms. The van der Waals surface area contributed by atoms with Crippen molar-refractivity contribution < 1.29 is 4.74 Å². The Bertz CT molecular complexity index is 512. The van der Waals surface area contributed by atoms with Crippen LogP contribution in [0.15, 0.2) is 24.8 Å². The van der Waals surface area contributed by atoms with Gasteiger partial charge in [0, 0.05) is 37.2 Å². The monoisotopic (exact) mass is 275 g/mol. The number of hydrogen-bond acceptors (Lipinski definition) is 5. The molecule has 0 aliphatic rings. The Morgan fingerprint density at radius 1 is 1.30 bits per heavy atom. The van der Waals surface area contributed by atoms with Crippen molar-refractivity contribution in [2.24, 2.45) is 0 Å². The van der Waals surface area contributed by atoms with E-state index in [1.165, 1.54) is 0 Å². The Balaban J connectivity index is 1.73. The van der Waals surface area contributed by atoms with Crippen LogP contribution in [0, 0.1) is 6.92 Å². The van der Waals surface area contributed by atoms with Crippen molar-refractivity contribution >= 4 is 5.95 Å². The lowest BCUT2D eigenvalue weighted by molar-refractivity contribution is 0.326. The Morgan fingerprint density at radius 3 is 2.95 bits per heavy atom. The second kappa shape index (κ2) is 7.47. The standard InChI is InChI=1S/C14H21N5O/c1-3-20-13-10-12(2)17-14(18-13)16-6-4-5-8-19-9-7-15-11-19/h7,9-11H,3-6,8H2,1-2H3,(H,16,17,18). The topological polar surface area (TPSA) is 64.9 Å². The number of nitrogens with zero attached hydrogens (tertiary/aromatic N) is 4. The van der Waals surface area contributed by atoms with Crippen LogP contribution in [0.3, 0.4) is 0 Å². The van der Waals surface area contributed by atoms with Crippen molar-refractivity contribution in [1.82, 2.24) is 19.5 Å². The van der Waals surface area contributed by atoms with Gasteiger partial charge in [-0.25, -0.2) is 9.97 Å². The van der Waals surface area contributed by atoms with Crippen LogP contribution in [-0.2, 0) is 6.54 Å².